The van der Waals surface area contributed by atoms with Crippen LogP contribution in [0.2, 0.25) is 0 Å². The lowest BCUT2D eigenvalue weighted by molar-refractivity contribution is 0.633. The Labute approximate surface area is 106 Å². The van der Waals surface area contributed by atoms with Gasteiger partial charge in [-0.3, -0.25) is 0 Å². The molecule has 2 aromatic rings. The van der Waals surface area contributed by atoms with E-state index in [0.717, 1.165) is 18.7 Å². The second-order valence-corrected chi connectivity index (χ2v) is 5.51. The van der Waals surface area contributed by atoms with Gasteiger partial charge in [0.15, 0.2) is 0 Å². The molecule has 0 saturated carbocycles. The molecule has 2 N–H and O–H groups in total. The maximum atomic E-state index is 5.86. The molecular weight excluding hydrogens is 228 g/mol. The summed E-state index contributed by atoms with van der Waals surface area (Å²) >= 11 is 1.88. The number of rotatable bonds is 1. The van der Waals surface area contributed by atoms with Crippen molar-refractivity contribution in [2.75, 3.05) is 17.2 Å². The Morgan fingerprint density at radius 3 is 3.06 bits per heavy atom. The van der Waals surface area contributed by atoms with Gasteiger partial charge in [0.25, 0.3) is 0 Å². The van der Waals surface area contributed by atoms with Crippen molar-refractivity contribution in [3.63, 3.8) is 0 Å². The van der Waals surface area contributed by atoms with Gasteiger partial charge in [0, 0.05) is 22.8 Å². The van der Waals surface area contributed by atoms with Crippen LogP contribution in [0.4, 0.5) is 11.4 Å². The predicted octanol–water partition coefficient (Wildman–Crippen LogP) is 3.45. The highest BCUT2D eigenvalue weighted by Crippen LogP contribution is 2.36. The third kappa shape index (κ3) is 1.80. The van der Waals surface area contributed by atoms with Crippen LogP contribution in [0.3, 0.4) is 0 Å². The van der Waals surface area contributed by atoms with Crippen molar-refractivity contribution < 1.29 is 0 Å². The first-order valence-electron chi connectivity index (χ1n) is 5.94. The molecule has 0 aliphatic carbocycles. The van der Waals surface area contributed by atoms with Gasteiger partial charge in [-0.1, -0.05) is 6.07 Å². The van der Waals surface area contributed by atoms with E-state index in [0.29, 0.717) is 6.04 Å². The molecule has 2 heterocycles. The number of nitrogen functional groups attached to an aromatic ring is 1. The van der Waals surface area contributed by atoms with E-state index >= 15 is 0 Å². The zero-order valence-electron chi connectivity index (χ0n) is 9.89. The normalized spacial score (nSPS) is 19.1. The zero-order chi connectivity index (χ0) is 11.8. The van der Waals surface area contributed by atoms with Gasteiger partial charge >= 0.3 is 0 Å². The van der Waals surface area contributed by atoms with E-state index in [1.54, 1.807) is 0 Å². The quantitative estimate of drug-likeness (QED) is 0.778. The average molecular weight is 244 g/mol. The van der Waals surface area contributed by atoms with Crippen molar-refractivity contribution in [2.24, 2.45) is 0 Å². The summed E-state index contributed by atoms with van der Waals surface area (Å²) in [6.07, 6.45) is 1.14. The van der Waals surface area contributed by atoms with Gasteiger partial charge in [0.1, 0.15) is 0 Å². The fraction of sp³-hybridized carbons (Fsp3) is 0.286. The van der Waals surface area contributed by atoms with Crippen LogP contribution in [0.5, 0.6) is 0 Å². The summed E-state index contributed by atoms with van der Waals surface area (Å²) < 4.78 is 0. The Kier molecular flexibility index (Phi) is 2.56. The topological polar surface area (TPSA) is 29.3 Å². The second kappa shape index (κ2) is 4.08. The number of thiophene rings is 1. The molecule has 3 heteroatoms. The van der Waals surface area contributed by atoms with Crippen LogP contribution < -0.4 is 10.6 Å². The van der Waals surface area contributed by atoms with Crippen LogP contribution >= 0.6 is 11.3 Å². The van der Waals surface area contributed by atoms with Crippen LogP contribution in [0.25, 0.3) is 0 Å². The molecule has 1 aromatic heterocycles. The summed E-state index contributed by atoms with van der Waals surface area (Å²) in [6, 6.07) is 10.9. The van der Waals surface area contributed by atoms with Crippen LogP contribution in [0.15, 0.2) is 35.7 Å². The number of nitrogens with two attached hydrogens (primary N) is 1. The molecule has 3 rings (SSSR count). The Morgan fingerprint density at radius 2 is 2.24 bits per heavy atom. The lowest BCUT2D eigenvalue weighted by atomic mass is 10.0. The minimum Gasteiger partial charge on any atom is -0.399 e. The van der Waals surface area contributed by atoms with Crippen molar-refractivity contribution in [3.8, 4) is 0 Å². The van der Waals surface area contributed by atoms with Gasteiger partial charge in [-0.2, -0.15) is 0 Å². The molecule has 1 unspecified atom stereocenters. The van der Waals surface area contributed by atoms with E-state index in [2.05, 4.69) is 35.4 Å². The van der Waals surface area contributed by atoms with Crippen molar-refractivity contribution >= 4 is 22.7 Å². The molecule has 0 bridgehead atoms. The number of fused-ring (bicyclic) bond motifs is 1. The fourth-order valence-electron chi connectivity index (χ4n) is 2.57. The van der Waals surface area contributed by atoms with Crippen LogP contribution in [0.1, 0.15) is 23.4 Å². The van der Waals surface area contributed by atoms with Crippen molar-refractivity contribution in [2.45, 2.75) is 19.4 Å². The molecular formula is C14H16N2S. The fourth-order valence-corrected chi connectivity index (χ4v) is 3.53. The molecule has 1 aliphatic rings. The number of nitrogens with zero attached hydrogens (tertiary/aromatic N) is 1. The van der Waals surface area contributed by atoms with E-state index in [9.17, 15) is 0 Å². The molecule has 0 spiro atoms. The highest BCUT2D eigenvalue weighted by atomic mass is 32.1. The number of benzene rings is 1. The lowest BCUT2D eigenvalue weighted by Crippen LogP contribution is -2.33. The predicted molar refractivity (Wildman–Crippen MR) is 74.6 cm³/mol. The molecule has 0 amide bonds. The monoisotopic (exact) mass is 244 g/mol. The zero-order valence-corrected chi connectivity index (χ0v) is 10.7. The summed E-state index contributed by atoms with van der Waals surface area (Å²) in [6.45, 7) is 3.35. The Hall–Kier alpha value is -1.48. The first-order valence-corrected chi connectivity index (χ1v) is 6.82. The average Bonchev–Trinajstić information content (AvgIpc) is 2.78. The standard InChI is InChI=1S/C14H16N2S/c1-10-13-6-8-17-14(13)5-7-16(10)12-4-2-3-11(15)9-12/h2-4,6,8-10H,5,7,15H2,1H3. The molecule has 2 nitrogen and oxygen atoms in total. The van der Waals surface area contributed by atoms with Gasteiger partial charge in [-0.15, -0.1) is 11.3 Å². The summed E-state index contributed by atoms with van der Waals surface area (Å²) in [5.74, 6) is 0. The van der Waals surface area contributed by atoms with Gasteiger partial charge in [0.2, 0.25) is 0 Å². The number of hydrogen-bond acceptors (Lipinski definition) is 3. The molecule has 0 fully saturated rings. The maximum absolute atomic E-state index is 5.86. The first-order chi connectivity index (χ1) is 8.25. The number of anilines is 2. The molecule has 1 aliphatic heterocycles. The molecule has 1 atom stereocenters. The van der Waals surface area contributed by atoms with Gasteiger partial charge in [0.05, 0.1) is 6.04 Å². The Balaban J connectivity index is 1.96. The molecule has 0 radical (unpaired) electrons. The van der Waals surface area contributed by atoms with E-state index < -0.39 is 0 Å². The van der Waals surface area contributed by atoms with Gasteiger partial charge in [-0.05, 0) is 48.6 Å². The largest absolute Gasteiger partial charge is 0.399 e. The van der Waals surface area contributed by atoms with E-state index in [1.807, 2.05) is 23.5 Å². The third-order valence-corrected chi connectivity index (χ3v) is 4.48. The second-order valence-electron chi connectivity index (χ2n) is 4.51. The lowest BCUT2D eigenvalue weighted by Gasteiger charge is -2.35. The van der Waals surface area contributed by atoms with E-state index in [-0.39, 0.29) is 0 Å². The molecule has 0 saturated heterocycles. The maximum Gasteiger partial charge on any atom is 0.0525 e. The summed E-state index contributed by atoms with van der Waals surface area (Å²) in [5, 5.41) is 2.20. The van der Waals surface area contributed by atoms with Crippen molar-refractivity contribution in [1.29, 1.82) is 0 Å². The Bertz CT molecular complexity index is 533. The van der Waals surface area contributed by atoms with Gasteiger partial charge < -0.3 is 10.6 Å². The van der Waals surface area contributed by atoms with Gasteiger partial charge in [-0.25, -0.2) is 0 Å². The highest BCUT2D eigenvalue weighted by Gasteiger charge is 2.24. The first kappa shape index (κ1) is 10.7. The van der Waals surface area contributed by atoms with Crippen LogP contribution in [-0.4, -0.2) is 6.54 Å². The van der Waals surface area contributed by atoms with Crippen molar-refractivity contribution in [3.05, 3.63) is 46.2 Å². The summed E-state index contributed by atoms with van der Waals surface area (Å²) in [7, 11) is 0. The van der Waals surface area contributed by atoms with E-state index in [4.69, 9.17) is 5.73 Å². The SMILES string of the molecule is CC1c2ccsc2CCN1c1cccc(N)c1. The Morgan fingerprint density at radius 1 is 1.35 bits per heavy atom. The van der Waals surface area contributed by atoms with Crippen LogP contribution in [-0.2, 0) is 6.42 Å². The minimum atomic E-state index is 0.451. The minimum absolute atomic E-state index is 0.451. The summed E-state index contributed by atoms with van der Waals surface area (Å²) in [4.78, 5) is 3.98. The highest BCUT2D eigenvalue weighted by molar-refractivity contribution is 7.10. The van der Waals surface area contributed by atoms with Crippen molar-refractivity contribution in [1.82, 2.24) is 0 Å². The third-order valence-electron chi connectivity index (χ3n) is 3.48. The van der Waals surface area contributed by atoms with E-state index in [1.165, 1.54) is 16.1 Å². The summed E-state index contributed by atoms with van der Waals surface area (Å²) in [5.41, 5.74) is 9.41. The number of hydrogen-bond donors (Lipinski definition) is 1. The molecule has 17 heavy (non-hydrogen) atoms. The smallest absolute Gasteiger partial charge is 0.0525 e. The molecule has 88 valence electrons. The molecule has 1 aromatic carbocycles. The van der Waals surface area contributed by atoms with Crippen LogP contribution in [0, 0.1) is 0 Å².